The summed E-state index contributed by atoms with van der Waals surface area (Å²) >= 11 is 7.59. The molecule has 4 N–H and O–H groups in total. The molecule has 214 valence electrons. The van der Waals surface area contributed by atoms with Crippen molar-refractivity contribution >= 4 is 68.6 Å². The van der Waals surface area contributed by atoms with Crippen LogP contribution in [0.15, 0.2) is 48.5 Å². The maximum Gasteiger partial charge on any atom is 0.307 e. The first kappa shape index (κ1) is 27.4. The molecule has 7 aromatic heterocycles. The Bertz CT molecular complexity index is 1920. The summed E-state index contributed by atoms with van der Waals surface area (Å²) in [5.41, 5.74) is 1.45. The first-order chi connectivity index (χ1) is 20.9. The maximum atomic E-state index is 11.8. The Morgan fingerprint density at radius 3 is 1.35 bits per heavy atom. The molecule has 0 saturated carbocycles. The zero-order valence-electron chi connectivity index (χ0n) is 21.5. The lowest BCUT2D eigenvalue weighted by Gasteiger charge is -1.99. The number of aliphatic carboxylic acids is 2. The summed E-state index contributed by atoms with van der Waals surface area (Å²) in [7, 11) is 0. The number of carboxylic acid groups (broad SMARTS) is 2. The highest BCUT2D eigenvalue weighted by molar-refractivity contribution is 7.30. The van der Waals surface area contributed by atoms with Gasteiger partial charge in [0.1, 0.15) is 0 Å². The van der Waals surface area contributed by atoms with Gasteiger partial charge in [0.15, 0.2) is 0 Å². The molecule has 0 saturated heterocycles. The number of nitrogens with one attached hydrogen (secondary N) is 2. The summed E-state index contributed by atoms with van der Waals surface area (Å²) in [6.45, 7) is 0. The first-order valence-electron chi connectivity index (χ1n) is 12.4. The van der Waals surface area contributed by atoms with Crippen LogP contribution in [0.3, 0.4) is 0 Å². The quantitative estimate of drug-likeness (QED) is 0.130. The van der Waals surface area contributed by atoms with Crippen LogP contribution in [0.1, 0.15) is 11.1 Å². The number of aromatic nitrogens is 8. The van der Waals surface area contributed by atoms with Crippen LogP contribution >= 0.6 is 56.7 Å². The fourth-order valence-corrected chi connectivity index (χ4v) is 10.1. The zero-order valence-corrected chi connectivity index (χ0v) is 25.6. The van der Waals surface area contributed by atoms with Crippen molar-refractivity contribution in [2.24, 2.45) is 0 Å². The summed E-state index contributed by atoms with van der Waals surface area (Å²) in [5.74, 6) is -0.821. The number of aromatic amines is 2. The van der Waals surface area contributed by atoms with Gasteiger partial charge >= 0.3 is 11.9 Å². The number of hydrogen-bond donors (Lipinski definition) is 4. The molecule has 0 aromatic carbocycles. The molecular formula is C26H16N8O4S5. The Balaban J connectivity index is 1.24. The van der Waals surface area contributed by atoms with Crippen LogP contribution in [-0.4, -0.2) is 63.4 Å². The van der Waals surface area contributed by atoms with Gasteiger partial charge in [0.25, 0.3) is 0 Å². The van der Waals surface area contributed by atoms with E-state index in [-0.39, 0.29) is 12.8 Å². The lowest BCUT2D eigenvalue weighted by atomic mass is 10.1. The van der Waals surface area contributed by atoms with Gasteiger partial charge in [-0.2, -0.15) is 10.4 Å². The highest BCUT2D eigenvalue weighted by Gasteiger charge is 2.22. The van der Waals surface area contributed by atoms with Crippen molar-refractivity contribution in [3.8, 4) is 60.4 Å². The number of carbonyl (C=O) groups is 2. The molecule has 7 rings (SSSR count). The Morgan fingerprint density at radius 2 is 0.953 bits per heavy atom. The number of rotatable bonds is 10. The third-order valence-electron chi connectivity index (χ3n) is 6.18. The van der Waals surface area contributed by atoms with Gasteiger partial charge in [0, 0.05) is 39.0 Å². The minimum absolute atomic E-state index is 0.114. The molecule has 0 unspecified atom stereocenters. The van der Waals surface area contributed by atoms with Crippen molar-refractivity contribution < 1.29 is 19.8 Å². The van der Waals surface area contributed by atoms with Crippen molar-refractivity contribution in [2.75, 3.05) is 0 Å². The third kappa shape index (κ3) is 5.55. The van der Waals surface area contributed by atoms with E-state index in [0.29, 0.717) is 11.6 Å². The Kier molecular flexibility index (Phi) is 7.23. The summed E-state index contributed by atoms with van der Waals surface area (Å²) in [4.78, 5) is 32.7. The molecule has 0 spiro atoms. The molecule has 7 heterocycles. The molecule has 0 amide bonds. The minimum atomic E-state index is -0.913. The average molecular weight is 665 g/mol. The van der Waals surface area contributed by atoms with Gasteiger partial charge in [-0.05, 0) is 70.1 Å². The smallest absolute Gasteiger partial charge is 0.307 e. The van der Waals surface area contributed by atoms with E-state index in [1.165, 1.54) is 56.7 Å². The van der Waals surface area contributed by atoms with Crippen molar-refractivity contribution in [1.29, 1.82) is 0 Å². The Hall–Kier alpha value is -4.42. The third-order valence-corrected chi connectivity index (χ3v) is 12.5. The standard InChI is InChI=1S/C26H16N8O4S5/c35-21(36)9-11-7-19(13-1-5-17(39-13)25-27-31-32-28-25)42-23(11)15-3-4-16(41-15)24-12(10-22(37)38)8-20(43-24)14-2-6-18(40-14)26-29-33-34-30-26/h1-8H,9-10H2,(H,35,36)(H,37,38)(H,27,28,31,32)(H,29,30,33,34). The SMILES string of the molecule is O=C(O)Cc1cc(-c2ccc(-c3nn[nH]n3)s2)sc1-c1ccc(-c2sc(-c3ccc(-c4nn[nH]n4)s3)cc2CC(=O)O)s1. The van der Waals surface area contributed by atoms with Crippen LogP contribution in [0.2, 0.25) is 0 Å². The van der Waals surface area contributed by atoms with Gasteiger partial charge in [0.2, 0.25) is 11.6 Å². The molecule has 0 aliphatic rings. The molecule has 0 fully saturated rings. The molecule has 0 atom stereocenters. The van der Waals surface area contributed by atoms with Crippen LogP contribution in [0.4, 0.5) is 0 Å². The van der Waals surface area contributed by atoms with Gasteiger partial charge in [-0.25, -0.2) is 0 Å². The molecule has 7 aromatic rings. The first-order valence-corrected chi connectivity index (χ1v) is 16.5. The van der Waals surface area contributed by atoms with Crippen LogP contribution in [0.5, 0.6) is 0 Å². The van der Waals surface area contributed by atoms with Crippen LogP contribution in [0.25, 0.3) is 60.4 Å². The Morgan fingerprint density at radius 1 is 0.558 bits per heavy atom. The average Bonchev–Trinajstić information content (AvgIpc) is 3.82. The second-order valence-corrected chi connectivity index (χ2v) is 14.4. The molecule has 43 heavy (non-hydrogen) atoms. The monoisotopic (exact) mass is 664 g/mol. The van der Waals surface area contributed by atoms with Crippen molar-refractivity contribution in [2.45, 2.75) is 12.8 Å². The number of hydrogen-bond acceptors (Lipinski definition) is 13. The normalized spacial score (nSPS) is 11.3. The van der Waals surface area contributed by atoms with Crippen LogP contribution in [0, 0.1) is 0 Å². The lowest BCUT2D eigenvalue weighted by molar-refractivity contribution is -0.137. The lowest BCUT2D eigenvalue weighted by Crippen LogP contribution is -1.99. The van der Waals surface area contributed by atoms with E-state index >= 15 is 0 Å². The van der Waals surface area contributed by atoms with E-state index in [0.717, 1.165) is 59.9 Å². The maximum absolute atomic E-state index is 11.8. The second kappa shape index (κ2) is 11.3. The molecule has 12 nitrogen and oxygen atoms in total. The molecule has 0 radical (unpaired) electrons. The number of carboxylic acids is 2. The largest absolute Gasteiger partial charge is 0.481 e. The van der Waals surface area contributed by atoms with Gasteiger partial charge in [-0.15, -0.1) is 77.1 Å². The van der Waals surface area contributed by atoms with Gasteiger partial charge < -0.3 is 10.2 Å². The summed E-state index contributed by atoms with van der Waals surface area (Å²) in [6.07, 6.45) is -0.229. The van der Waals surface area contributed by atoms with Gasteiger partial charge in [-0.1, -0.05) is 0 Å². The van der Waals surface area contributed by atoms with Crippen LogP contribution < -0.4 is 0 Å². The minimum Gasteiger partial charge on any atom is -0.481 e. The molecular weight excluding hydrogens is 649 g/mol. The fourth-order valence-electron chi connectivity index (χ4n) is 4.40. The van der Waals surface area contributed by atoms with E-state index < -0.39 is 11.9 Å². The molecule has 0 aliphatic carbocycles. The van der Waals surface area contributed by atoms with E-state index in [2.05, 4.69) is 41.2 Å². The molecule has 0 aliphatic heterocycles. The predicted molar refractivity (Wildman–Crippen MR) is 167 cm³/mol. The van der Waals surface area contributed by atoms with Gasteiger partial charge in [0.05, 0.1) is 22.6 Å². The zero-order chi connectivity index (χ0) is 29.5. The van der Waals surface area contributed by atoms with Crippen molar-refractivity contribution in [3.63, 3.8) is 0 Å². The van der Waals surface area contributed by atoms with E-state index in [4.69, 9.17) is 0 Å². The van der Waals surface area contributed by atoms with E-state index in [1.54, 1.807) is 0 Å². The van der Waals surface area contributed by atoms with E-state index in [1.807, 2.05) is 48.5 Å². The number of tetrazole rings is 2. The predicted octanol–water partition coefficient (Wildman–Crippen LogP) is 6.28. The summed E-state index contributed by atoms with van der Waals surface area (Å²) in [6, 6.07) is 15.6. The topological polar surface area (TPSA) is 184 Å². The van der Waals surface area contributed by atoms with Gasteiger partial charge in [-0.3, -0.25) is 9.59 Å². The number of thiophene rings is 5. The number of H-pyrrole nitrogens is 2. The summed E-state index contributed by atoms with van der Waals surface area (Å²) < 4.78 is 0. The number of nitrogens with zero attached hydrogens (tertiary/aromatic N) is 6. The second-order valence-electron chi connectivity index (χ2n) is 9.03. The highest BCUT2D eigenvalue weighted by Crippen LogP contribution is 2.48. The van der Waals surface area contributed by atoms with Crippen molar-refractivity contribution in [3.05, 3.63) is 59.7 Å². The summed E-state index contributed by atoms with van der Waals surface area (Å²) in [5, 5.41) is 47.6. The van der Waals surface area contributed by atoms with Crippen LogP contribution in [-0.2, 0) is 22.4 Å². The highest BCUT2D eigenvalue weighted by atomic mass is 32.1. The molecule has 17 heteroatoms. The Labute approximate surface area is 261 Å². The van der Waals surface area contributed by atoms with Crippen molar-refractivity contribution in [1.82, 2.24) is 41.2 Å². The van der Waals surface area contributed by atoms with E-state index in [9.17, 15) is 19.8 Å². The molecule has 0 bridgehead atoms. The fraction of sp³-hybridized carbons (Fsp3) is 0.0769.